The maximum absolute atomic E-state index is 2.45. The second kappa shape index (κ2) is 5.94. The van der Waals surface area contributed by atoms with E-state index in [9.17, 15) is 0 Å². The number of hydrogen-bond acceptors (Lipinski definition) is 0. The van der Waals surface area contributed by atoms with E-state index in [2.05, 4.69) is 36.4 Å². The van der Waals surface area contributed by atoms with Crippen molar-refractivity contribution < 1.29 is 0 Å². The van der Waals surface area contributed by atoms with Crippen molar-refractivity contribution in [2.24, 2.45) is 5.92 Å². The molecule has 2 aliphatic carbocycles. The van der Waals surface area contributed by atoms with E-state index in [-0.39, 0.29) is 18.9 Å². The van der Waals surface area contributed by atoms with Gasteiger partial charge in [-0.3, -0.25) is 0 Å². The van der Waals surface area contributed by atoms with Gasteiger partial charge in [0.1, 0.15) is 0 Å². The van der Waals surface area contributed by atoms with Crippen LogP contribution in [0, 0.1) is 5.92 Å². The fourth-order valence-electron chi connectivity index (χ4n) is 3.36. The van der Waals surface area contributed by atoms with E-state index in [1.54, 1.807) is 5.56 Å². The molecule has 1 atom stereocenters. The van der Waals surface area contributed by atoms with Gasteiger partial charge in [-0.2, -0.15) is 0 Å². The smallest absolute Gasteiger partial charge is 0.00555 e. The first-order valence-electron chi connectivity index (χ1n) is 6.72. The summed E-state index contributed by atoms with van der Waals surface area (Å²) in [4.78, 5) is 0. The number of allylic oxidation sites excluding steroid dienone is 1. The molecule has 1 saturated carbocycles. The molecule has 2 aliphatic rings. The molecule has 0 aliphatic heterocycles. The van der Waals surface area contributed by atoms with Gasteiger partial charge < -0.3 is 0 Å². The van der Waals surface area contributed by atoms with Gasteiger partial charge >= 0.3 is 0 Å². The van der Waals surface area contributed by atoms with Crippen molar-refractivity contribution in [3.05, 3.63) is 41.5 Å². The summed E-state index contributed by atoms with van der Waals surface area (Å²) in [5, 5.41) is 0. The SMILES string of the molecule is C1=CC(C2CCCCCC2)c2ccccc21.[Li]. The molecule has 0 nitrogen and oxygen atoms in total. The van der Waals surface area contributed by atoms with Gasteiger partial charge in [-0.15, -0.1) is 0 Å². The number of hydrogen-bond donors (Lipinski definition) is 0. The second-order valence-electron chi connectivity index (χ2n) is 5.27. The number of fused-ring (bicyclic) bond motifs is 1. The van der Waals surface area contributed by atoms with Gasteiger partial charge in [-0.25, -0.2) is 0 Å². The molecule has 1 aromatic carbocycles. The van der Waals surface area contributed by atoms with Crippen molar-refractivity contribution >= 4 is 24.9 Å². The van der Waals surface area contributed by atoms with Crippen LogP contribution in [0.15, 0.2) is 30.3 Å². The number of rotatable bonds is 1. The Hall–Kier alpha value is -0.443. The first-order chi connectivity index (χ1) is 7.95. The van der Waals surface area contributed by atoms with Crippen molar-refractivity contribution in [1.82, 2.24) is 0 Å². The van der Waals surface area contributed by atoms with E-state index in [4.69, 9.17) is 0 Å². The van der Waals surface area contributed by atoms with Crippen molar-refractivity contribution in [3.63, 3.8) is 0 Å². The zero-order valence-corrected chi connectivity index (χ0v) is 10.9. The molecule has 0 amide bonds. The van der Waals surface area contributed by atoms with Crippen LogP contribution in [0.2, 0.25) is 0 Å². The third kappa shape index (κ3) is 2.70. The Bertz CT molecular complexity index is 386. The first-order valence-corrected chi connectivity index (χ1v) is 6.72. The average molecular weight is 219 g/mol. The molecule has 1 fully saturated rings. The van der Waals surface area contributed by atoms with E-state index in [0.717, 1.165) is 5.92 Å². The Morgan fingerprint density at radius 3 is 2.35 bits per heavy atom. The molecule has 0 spiro atoms. The van der Waals surface area contributed by atoms with Gasteiger partial charge in [0, 0.05) is 24.8 Å². The van der Waals surface area contributed by atoms with Gasteiger partial charge in [-0.1, -0.05) is 62.1 Å². The third-order valence-electron chi connectivity index (χ3n) is 4.25. The largest absolute Gasteiger partial charge is 0.0761 e. The Morgan fingerprint density at radius 1 is 0.882 bits per heavy atom. The zero-order valence-electron chi connectivity index (χ0n) is 10.9. The minimum absolute atomic E-state index is 0. The monoisotopic (exact) mass is 219 g/mol. The molecular weight excluding hydrogens is 199 g/mol. The third-order valence-corrected chi connectivity index (χ3v) is 4.25. The Kier molecular flexibility index (Phi) is 4.54. The van der Waals surface area contributed by atoms with Crippen LogP contribution in [0.5, 0.6) is 0 Å². The van der Waals surface area contributed by atoms with Gasteiger partial charge in [0.15, 0.2) is 0 Å². The minimum Gasteiger partial charge on any atom is -0.0761 e. The van der Waals surface area contributed by atoms with E-state index < -0.39 is 0 Å². The van der Waals surface area contributed by atoms with Gasteiger partial charge in [0.2, 0.25) is 0 Å². The fourth-order valence-corrected chi connectivity index (χ4v) is 3.36. The molecule has 0 bridgehead atoms. The molecule has 1 radical (unpaired) electrons. The summed E-state index contributed by atoms with van der Waals surface area (Å²) in [7, 11) is 0. The summed E-state index contributed by atoms with van der Waals surface area (Å²) in [5.41, 5.74) is 3.03. The molecule has 0 saturated heterocycles. The summed E-state index contributed by atoms with van der Waals surface area (Å²) in [6.07, 6.45) is 13.4. The van der Waals surface area contributed by atoms with Gasteiger partial charge in [-0.05, 0) is 29.9 Å². The number of benzene rings is 1. The van der Waals surface area contributed by atoms with Crippen LogP contribution >= 0.6 is 0 Å². The van der Waals surface area contributed by atoms with Crippen molar-refractivity contribution in [2.75, 3.05) is 0 Å². The topological polar surface area (TPSA) is 0 Å². The molecule has 1 aromatic rings. The first kappa shape index (κ1) is 13.0. The van der Waals surface area contributed by atoms with Gasteiger partial charge in [0.05, 0.1) is 0 Å². The standard InChI is InChI=1S/C16H20.Li/c1-2-4-8-13(7-3-1)16-12-11-14-9-5-6-10-15(14)16;/h5-6,9-13,16H,1-4,7-8H2;. The summed E-state index contributed by atoms with van der Waals surface area (Å²) >= 11 is 0. The molecule has 3 rings (SSSR count). The molecule has 0 N–H and O–H groups in total. The maximum atomic E-state index is 2.45. The summed E-state index contributed by atoms with van der Waals surface area (Å²) in [5.74, 6) is 1.62. The Morgan fingerprint density at radius 2 is 1.59 bits per heavy atom. The quantitative estimate of drug-likeness (QED) is 0.485. The van der Waals surface area contributed by atoms with Crippen LogP contribution in [0.25, 0.3) is 6.08 Å². The molecule has 85 valence electrons. The average Bonchev–Trinajstić information content (AvgIpc) is 2.57. The zero-order chi connectivity index (χ0) is 10.8. The molecule has 1 unspecified atom stereocenters. The summed E-state index contributed by atoms with van der Waals surface area (Å²) in [6.45, 7) is 0. The summed E-state index contributed by atoms with van der Waals surface area (Å²) in [6, 6.07) is 8.92. The fraction of sp³-hybridized carbons (Fsp3) is 0.500. The van der Waals surface area contributed by atoms with Crippen molar-refractivity contribution in [2.45, 2.75) is 44.4 Å². The van der Waals surface area contributed by atoms with E-state index >= 15 is 0 Å². The second-order valence-corrected chi connectivity index (χ2v) is 5.27. The molecule has 0 aromatic heterocycles. The van der Waals surface area contributed by atoms with Crippen molar-refractivity contribution in [3.8, 4) is 0 Å². The van der Waals surface area contributed by atoms with Crippen LogP contribution in [-0.2, 0) is 0 Å². The van der Waals surface area contributed by atoms with Crippen molar-refractivity contribution in [1.29, 1.82) is 0 Å². The molecule has 0 heterocycles. The van der Waals surface area contributed by atoms with E-state index in [0.29, 0.717) is 5.92 Å². The van der Waals surface area contributed by atoms with E-state index in [1.165, 1.54) is 44.1 Å². The van der Waals surface area contributed by atoms with Crippen LogP contribution < -0.4 is 0 Å². The van der Waals surface area contributed by atoms with Crippen LogP contribution in [0.1, 0.15) is 55.6 Å². The normalized spacial score (nSPS) is 23.9. The predicted octanol–water partition coefficient (Wildman–Crippen LogP) is 4.39. The van der Waals surface area contributed by atoms with Crippen LogP contribution in [0.3, 0.4) is 0 Å². The summed E-state index contributed by atoms with van der Waals surface area (Å²) < 4.78 is 0. The minimum atomic E-state index is 0. The maximum Gasteiger partial charge on any atom is 0.00555 e. The molecule has 17 heavy (non-hydrogen) atoms. The molecule has 1 heteroatoms. The predicted molar refractivity (Wildman–Crippen MR) is 75.2 cm³/mol. The Labute approximate surface area is 117 Å². The van der Waals surface area contributed by atoms with Crippen LogP contribution in [-0.4, -0.2) is 18.9 Å². The van der Waals surface area contributed by atoms with E-state index in [1.807, 2.05) is 0 Å². The van der Waals surface area contributed by atoms with Crippen LogP contribution in [0.4, 0.5) is 0 Å². The Balaban J connectivity index is 0.00000108. The van der Waals surface area contributed by atoms with Gasteiger partial charge in [0.25, 0.3) is 0 Å². The molecular formula is C16H20Li.